The van der Waals surface area contributed by atoms with Gasteiger partial charge in [0.2, 0.25) is 0 Å². The van der Waals surface area contributed by atoms with Gasteiger partial charge in [0.15, 0.2) is 11.6 Å². The number of hydrogen-bond acceptors (Lipinski definition) is 3. The monoisotopic (exact) mass is 424 g/mol. The third-order valence-electron chi connectivity index (χ3n) is 4.94. The quantitative estimate of drug-likeness (QED) is 0.219. The van der Waals surface area contributed by atoms with Gasteiger partial charge < -0.3 is 9.47 Å². The number of benzene rings is 2. The van der Waals surface area contributed by atoms with E-state index in [0.29, 0.717) is 18.8 Å². The number of carbonyl (C=O) groups is 1. The molecule has 0 atom stereocenters. The van der Waals surface area contributed by atoms with E-state index in [1.54, 1.807) is 12.1 Å². The Bertz CT molecular complexity index is 862. The summed E-state index contributed by atoms with van der Waals surface area (Å²) in [5.74, 6) is 5.76. The number of unbranched alkanes of at least 4 members (excludes halogenated alkanes) is 7. The van der Waals surface area contributed by atoms with Crippen molar-refractivity contribution in [3.05, 3.63) is 65.0 Å². The van der Waals surface area contributed by atoms with Gasteiger partial charge in [-0.15, -0.1) is 0 Å². The van der Waals surface area contributed by atoms with Crippen LogP contribution in [0.25, 0.3) is 0 Å². The molecule has 0 aliphatic heterocycles. The Morgan fingerprint density at radius 2 is 1.35 bits per heavy atom. The van der Waals surface area contributed by atoms with Crippen LogP contribution in [0.3, 0.4) is 0 Å². The van der Waals surface area contributed by atoms with Gasteiger partial charge in [0.1, 0.15) is 0 Å². The van der Waals surface area contributed by atoms with Gasteiger partial charge in [0, 0.05) is 18.1 Å². The van der Waals surface area contributed by atoms with Gasteiger partial charge in [-0.3, -0.25) is 4.79 Å². The second-order valence-corrected chi connectivity index (χ2v) is 7.78. The van der Waals surface area contributed by atoms with Crippen LogP contribution in [-0.4, -0.2) is 19.2 Å². The molecule has 31 heavy (non-hydrogen) atoms. The maximum absolute atomic E-state index is 14.3. The van der Waals surface area contributed by atoms with Crippen molar-refractivity contribution in [2.75, 3.05) is 13.2 Å². The van der Waals surface area contributed by atoms with Crippen molar-refractivity contribution in [1.82, 2.24) is 0 Å². The van der Waals surface area contributed by atoms with E-state index in [9.17, 15) is 9.18 Å². The van der Waals surface area contributed by atoms with Crippen LogP contribution >= 0.6 is 0 Å². The average Bonchev–Trinajstić information content (AvgIpc) is 2.75. The maximum Gasteiger partial charge on any atom is 0.302 e. The fourth-order valence-corrected chi connectivity index (χ4v) is 3.14. The van der Waals surface area contributed by atoms with Crippen LogP contribution < -0.4 is 4.74 Å². The van der Waals surface area contributed by atoms with Gasteiger partial charge in [-0.1, -0.05) is 68.1 Å². The lowest BCUT2D eigenvalue weighted by molar-refractivity contribution is -0.141. The predicted octanol–water partition coefficient (Wildman–Crippen LogP) is 6.60. The minimum absolute atomic E-state index is 0.204. The Morgan fingerprint density at radius 1 is 0.806 bits per heavy atom. The molecule has 0 spiro atoms. The van der Waals surface area contributed by atoms with Gasteiger partial charge in [0.05, 0.1) is 13.2 Å². The SMILES string of the molecule is CC(=O)OCCCCCCCCCCOc1ccc(C#Cc2ccc(C)cc2)cc1F. The second kappa shape index (κ2) is 14.2. The third-order valence-corrected chi connectivity index (χ3v) is 4.94. The molecule has 0 saturated heterocycles. The van der Waals surface area contributed by atoms with Gasteiger partial charge in [0.25, 0.3) is 0 Å². The number of halogens is 1. The molecule has 0 fully saturated rings. The van der Waals surface area contributed by atoms with Crippen molar-refractivity contribution in [3.63, 3.8) is 0 Å². The second-order valence-electron chi connectivity index (χ2n) is 7.78. The summed E-state index contributed by atoms with van der Waals surface area (Å²) >= 11 is 0. The lowest BCUT2D eigenvalue weighted by atomic mass is 10.1. The van der Waals surface area contributed by atoms with Crippen molar-refractivity contribution in [3.8, 4) is 17.6 Å². The number of aryl methyl sites for hydroxylation is 1. The lowest BCUT2D eigenvalue weighted by Crippen LogP contribution is -2.00. The standard InChI is InChI=1S/C27H33FO3/c1-22-11-13-24(14-12-22)15-16-25-17-18-27(26(28)21-25)31-20-10-8-6-4-3-5-7-9-19-30-23(2)29/h11-14,17-18,21H,3-10,19-20H2,1-2H3. The first kappa shape index (κ1) is 24.5. The summed E-state index contributed by atoms with van der Waals surface area (Å²) in [5, 5.41) is 0. The lowest BCUT2D eigenvalue weighted by Gasteiger charge is -2.07. The fraction of sp³-hybridized carbons (Fsp3) is 0.444. The van der Waals surface area contributed by atoms with E-state index in [0.717, 1.165) is 37.7 Å². The van der Waals surface area contributed by atoms with Crippen LogP contribution in [0, 0.1) is 24.6 Å². The Balaban J connectivity index is 1.57. The zero-order valence-electron chi connectivity index (χ0n) is 18.7. The van der Waals surface area contributed by atoms with Crippen molar-refractivity contribution in [2.24, 2.45) is 0 Å². The van der Waals surface area contributed by atoms with Crippen LogP contribution in [0.15, 0.2) is 42.5 Å². The third kappa shape index (κ3) is 10.7. The first-order valence-electron chi connectivity index (χ1n) is 11.2. The van der Waals surface area contributed by atoms with Crippen molar-refractivity contribution < 1.29 is 18.7 Å². The molecule has 0 aromatic heterocycles. The van der Waals surface area contributed by atoms with E-state index < -0.39 is 0 Å². The molecular formula is C27H33FO3. The smallest absolute Gasteiger partial charge is 0.302 e. The number of carbonyl (C=O) groups excluding carboxylic acids is 1. The first-order chi connectivity index (χ1) is 15.0. The molecule has 0 radical (unpaired) electrons. The van der Waals surface area contributed by atoms with Crippen molar-refractivity contribution in [1.29, 1.82) is 0 Å². The van der Waals surface area contributed by atoms with Gasteiger partial charge >= 0.3 is 5.97 Å². The summed E-state index contributed by atoms with van der Waals surface area (Å²) in [7, 11) is 0. The topological polar surface area (TPSA) is 35.5 Å². The average molecular weight is 425 g/mol. The number of hydrogen-bond donors (Lipinski definition) is 0. The Morgan fingerprint density at radius 3 is 1.97 bits per heavy atom. The van der Waals surface area contributed by atoms with Crippen molar-refractivity contribution in [2.45, 2.75) is 65.2 Å². The first-order valence-corrected chi connectivity index (χ1v) is 11.2. The molecule has 4 heteroatoms. The molecule has 2 aromatic rings. The maximum atomic E-state index is 14.3. The van der Waals surface area contributed by atoms with Crippen LogP contribution in [0.5, 0.6) is 5.75 Å². The van der Waals surface area contributed by atoms with Gasteiger partial charge in [-0.2, -0.15) is 0 Å². The van der Waals surface area contributed by atoms with E-state index in [-0.39, 0.29) is 17.5 Å². The summed E-state index contributed by atoms with van der Waals surface area (Å²) < 4.78 is 24.8. The van der Waals surface area contributed by atoms with Crippen molar-refractivity contribution >= 4 is 5.97 Å². The van der Waals surface area contributed by atoms with E-state index in [4.69, 9.17) is 9.47 Å². The summed E-state index contributed by atoms with van der Waals surface area (Å²) in [5.41, 5.74) is 2.73. The molecule has 3 nitrogen and oxygen atoms in total. The van der Waals surface area contributed by atoms with Crippen LogP contribution in [0.2, 0.25) is 0 Å². The van der Waals surface area contributed by atoms with E-state index >= 15 is 0 Å². The largest absolute Gasteiger partial charge is 0.491 e. The molecule has 0 heterocycles. The molecule has 0 N–H and O–H groups in total. The molecule has 0 saturated carbocycles. The van der Waals surface area contributed by atoms with Crippen LogP contribution in [0.4, 0.5) is 4.39 Å². The van der Waals surface area contributed by atoms with Crippen LogP contribution in [0.1, 0.15) is 75.0 Å². The highest BCUT2D eigenvalue weighted by Gasteiger charge is 2.04. The number of esters is 1. The summed E-state index contributed by atoms with van der Waals surface area (Å²) in [4.78, 5) is 10.7. The zero-order valence-corrected chi connectivity index (χ0v) is 18.7. The van der Waals surface area contributed by atoms with E-state index in [1.165, 1.54) is 37.8 Å². The molecule has 2 aromatic carbocycles. The Hall–Kier alpha value is -2.80. The molecule has 0 bridgehead atoms. The molecule has 0 unspecified atom stereocenters. The van der Waals surface area contributed by atoms with Gasteiger partial charge in [-0.05, 0) is 50.1 Å². The molecular weight excluding hydrogens is 391 g/mol. The normalized spacial score (nSPS) is 10.3. The number of ether oxygens (including phenoxy) is 2. The molecule has 0 amide bonds. The minimum atomic E-state index is -0.371. The molecule has 166 valence electrons. The highest BCUT2D eigenvalue weighted by molar-refractivity contribution is 5.65. The van der Waals surface area contributed by atoms with E-state index in [2.05, 4.69) is 11.8 Å². The fourth-order valence-electron chi connectivity index (χ4n) is 3.14. The summed E-state index contributed by atoms with van der Waals surface area (Å²) in [6.45, 7) is 4.52. The highest BCUT2D eigenvalue weighted by atomic mass is 19.1. The van der Waals surface area contributed by atoms with Gasteiger partial charge in [-0.25, -0.2) is 4.39 Å². The summed E-state index contributed by atoms with van der Waals surface area (Å²) in [6.07, 6.45) is 8.74. The molecule has 0 aliphatic rings. The van der Waals surface area contributed by atoms with E-state index in [1.807, 2.05) is 31.2 Å². The Labute approximate surface area is 186 Å². The molecule has 2 rings (SSSR count). The Kier molecular flexibility index (Phi) is 11.2. The molecule has 0 aliphatic carbocycles. The van der Waals surface area contributed by atoms with Crippen LogP contribution in [-0.2, 0) is 9.53 Å². The summed E-state index contributed by atoms with van der Waals surface area (Å²) in [6, 6.07) is 12.8. The zero-order chi connectivity index (χ0) is 22.3. The minimum Gasteiger partial charge on any atom is -0.491 e. The predicted molar refractivity (Wildman–Crippen MR) is 123 cm³/mol. The number of rotatable bonds is 12. The highest BCUT2D eigenvalue weighted by Crippen LogP contribution is 2.19.